The second kappa shape index (κ2) is 7.68. The number of halogens is 2. The zero-order valence-corrected chi connectivity index (χ0v) is 14.8. The van der Waals surface area contributed by atoms with Gasteiger partial charge in [-0.05, 0) is 36.6 Å². The van der Waals surface area contributed by atoms with Crippen LogP contribution in [0.5, 0.6) is 0 Å². The minimum Gasteiger partial charge on any atom is -0.366 e. The molecule has 0 fully saturated rings. The number of primary amides is 1. The van der Waals surface area contributed by atoms with Gasteiger partial charge >= 0.3 is 0 Å². The summed E-state index contributed by atoms with van der Waals surface area (Å²) in [6.07, 6.45) is 2.23. The molecule has 0 spiro atoms. The summed E-state index contributed by atoms with van der Waals surface area (Å²) < 4.78 is 0. The molecule has 0 unspecified atom stereocenters. The van der Waals surface area contributed by atoms with Crippen molar-refractivity contribution in [2.45, 2.75) is 19.3 Å². The standard InChI is InChI=1S/C18H16Cl2N4O/c19-14-9-4-8-13(16(14)20)18-22-15(23-24-18)10-3-6-11-5-1-2-7-12(11)17(21)25/h1-2,4-5,7-9H,3,6,10H2,(H2,21,25)(H,22,23,24). The lowest BCUT2D eigenvalue weighted by atomic mass is 10.0. The van der Waals surface area contributed by atoms with Crippen LogP contribution in [0.15, 0.2) is 42.5 Å². The van der Waals surface area contributed by atoms with Gasteiger partial charge < -0.3 is 5.73 Å². The maximum absolute atomic E-state index is 11.4. The van der Waals surface area contributed by atoms with Gasteiger partial charge in [0, 0.05) is 17.5 Å². The number of nitrogens with one attached hydrogen (secondary N) is 1. The number of nitrogens with two attached hydrogens (primary N) is 1. The molecular formula is C18H16Cl2N4O. The smallest absolute Gasteiger partial charge is 0.248 e. The Bertz CT molecular complexity index is 908. The highest BCUT2D eigenvalue weighted by Gasteiger charge is 2.12. The van der Waals surface area contributed by atoms with Crippen molar-refractivity contribution in [2.75, 3.05) is 0 Å². The molecule has 0 saturated heterocycles. The van der Waals surface area contributed by atoms with E-state index in [9.17, 15) is 4.79 Å². The lowest BCUT2D eigenvalue weighted by Crippen LogP contribution is -2.13. The van der Waals surface area contributed by atoms with Crippen molar-refractivity contribution in [3.8, 4) is 11.4 Å². The highest BCUT2D eigenvalue weighted by atomic mass is 35.5. The van der Waals surface area contributed by atoms with Crippen LogP contribution in [0.1, 0.15) is 28.2 Å². The van der Waals surface area contributed by atoms with Crippen LogP contribution in [-0.4, -0.2) is 21.1 Å². The lowest BCUT2D eigenvalue weighted by molar-refractivity contribution is 0.0999. The Morgan fingerprint density at radius 1 is 1.08 bits per heavy atom. The van der Waals surface area contributed by atoms with Crippen molar-refractivity contribution in [2.24, 2.45) is 5.73 Å². The van der Waals surface area contributed by atoms with E-state index in [-0.39, 0.29) is 0 Å². The van der Waals surface area contributed by atoms with Crippen molar-refractivity contribution in [1.29, 1.82) is 0 Å². The molecule has 25 heavy (non-hydrogen) atoms. The van der Waals surface area contributed by atoms with Crippen LogP contribution in [0.2, 0.25) is 10.0 Å². The molecule has 0 atom stereocenters. The summed E-state index contributed by atoms with van der Waals surface area (Å²) in [5.74, 6) is 0.857. The van der Waals surface area contributed by atoms with E-state index in [0.29, 0.717) is 33.4 Å². The third-order valence-electron chi connectivity index (χ3n) is 3.87. The third kappa shape index (κ3) is 4.00. The molecule has 0 aliphatic heterocycles. The first kappa shape index (κ1) is 17.5. The van der Waals surface area contributed by atoms with Gasteiger partial charge in [-0.15, -0.1) is 0 Å². The van der Waals surface area contributed by atoms with E-state index in [4.69, 9.17) is 28.9 Å². The first-order valence-electron chi connectivity index (χ1n) is 7.79. The summed E-state index contributed by atoms with van der Waals surface area (Å²) >= 11 is 12.2. The molecule has 3 aromatic rings. The second-order valence-electron chi connectivity index (χ2n) is 5.58. The fourth-order valence-electron chi connectivity index (χ4n) is 2.63. The molecule has 0 aliphatic carbocycles. The van der Waals surface area contributed by atoms with Gasteiger partial charge in [-0.1, -0.05) is 47.5 Å². The van der Waals surface area contributed by atoms with Crippen LogP contribution < -0.4 is 5.73 Å². The molecular weight excluding hydrogens is 359 g/mol. The number of aromatic amines is 1. The number of nitrogens with zero attached hydrogens (tertiary/aromatic N) is 2. The monoisotopic (exact) mass is 374 g/mol. The quantitative estimate of drug-likeness (QED) is 0.682. The van der Waals surface area contributed by atoms with Crippen molar-refractivity contribution in [1.82, 2.24) is 15.2 Å². The van der Waals surface area contributed by atoms with Crippen molar-refractivity contribution in [3.05, 3.63) is 69.5 Å². The molecule has 5 nitrogen and oxygen atoms in total. The summed E-state index contributed by atoms with van der Waals surface area (Å²) in [7, 11) is 0. The highest BCUT2D eigenvalue weighted by Crippen LogP contribution is 2.31. The Balaban J connectivity index is 1.67. The average molecular weight is 375 g/mol. The normalized spacial score (nSPS) is 10.8. The van der Waals surface area contributed by atoms with E-state index in [1.54, 1.807) is 24.3 Å². The number of carbonyl (C=O) groups excluding carboxylic acids is 1. The fourth-order valence-corrected chi connectivity index (χ4v) is 3.01. The van der Waals surface area contributed by atoms with Gasteiger partial charge in [0.25, 0.3) is 0 Å². The van der Waals surface area contributed by atoms with Crippen molar-refractivity contribution >= 4 is 29.1 Å². The molecule has 1 heterocycles. The fraction of sp³-hybridized carbons (Fsp3) is 0.167. The Kier molecular flexibility index (Phi) is 5.36. The number of amides is 1. The topological polar surface area (TPSA) is 84.7 Å². The maximum Gasteiger partial charge on any atom is 0.248 e. The van der Waals surface area contributed by atoms with Crippen LogP contribution in [0.4, 0.5) is 0 Å². The Morgan fingerprint density at radius 3 is 2.68 bits per heavy atom. The summed E-state index contributed by atoms with van der Waals surface area (Å²) in [6.45, 7) is 0. The molecule has 1 amide bonds. The number of H-pyrrole nitrogens is 1. The second-order valence-corrected chi connectivity index (χ2v) is 6.37. The van der Waals surface area contributed by atoms with Gasteiger partial charge in [0.15, 0.2) is 5.82 Å². The summed E-state index contributed by atoms with van der Waals surface area (Å²) in [5.41, 5.74) is 7.59. The molecule has 0 bridgehead atoms. The molecule has 0 radical (unpaired) electrons. The predicted octanol–water partition coefficient (Wildman–Crippen LogP) is 4.05. The Labute approximate surface area is 155 Å². The molecule has 3 N–H and O–H groups in total. The summed E-state index contributed by atoms with van der Waals surface area (Å²) in [6, 6.07) is 12.7. The molecule has 0 aliphatic rings. The van der Waals surface area contributed by atoms with Gasteiger partial charge in [-0.2, -0.15) is 5.10 Å². The zero-order chi connectivity index (χ0) is 17.8. The van der Waals surface area contributed by atoms with Gasteiger partial charge in [0.1, 0.15) is 5.82 Å². The van der Waals surface area contributed by atoms with Crippen LogP contribution in [-0.2, 0) is 12.8 Å². The number of rotatable bonds is 6. The van der Waals surface area contributed by atoms with Gasteiger partial charge in [-0.25, -0.2) is 4.98 Å². The molecule has 0 saturated carbocycles. The molecule has 128 valence electrons. The van der Waals surface area contributed by atoms with Crippen LogP contribution in [0, 0.1) is 0 Å². The number of aryl methyl sites for hydroxylation is 2. The van der Waals surface area contributed by atoms with Crippen LogP contribution in [0.3, 0.4) is 0 Å². The van der Waals surface area contributed by atoms with E-state index < -0.39 is 5.91 Å². The lowest BCUT2D eigenvalue weighted by Gasteiger charge is -2.05. The molecule has 3 rings (SSSR count). The van der Waals surface area contributed by atoms with Crippen LogP contribution in [0.25, 0.3) is 11.4 Å². The Hall–Kier alpha value is -2.37. The van der Waals surface area contributed by atoms with Gasteiger partial charge in [-0.3, -0.25) is 9.89 Å². The number of benzene rings is 2. The van der Waals surface area contributed by atoms with Crippen molar-refractivity contribution in [3.63, 3.8) is 0 Å². The van der Waals surface area contributed by atoms with Gasteiger partial charge in [0.2, 0.25) is 5.91 Å². The minimum atomic E-state index is -0.409. The summed E-state index contributed by atoms with van der Waals surface area (Å²) in [4.78, 5) is 15.9. The average Bonchev–Trinajstić information content (AvgIpc) is 3.06. The zero-order valence-electron chi connectivity index (χ0n) is 13.3. The van der Waals surface area contributed by atoms with Crippen LogP contribution >= 0.6 is 23.2 Å². The van der Waals surface area contributed by atoms with E-state index >= 15 is 0 Å². The maximum atomic E-state index is 11.4. The minimum absolute atomic E-state index is 0.409. The summed E-state index contributed by atoms with van der Waals surface area (Å²) in [5, 5.41) is 8.03. The predicted molar refractivity (Wildman–Crippen MR) is 98.8 cm³/mol. The first-order valence-corrected chi connectivity index (χ1v) is 8.55. The van der Waals surface area contributed by atoms with Gasteiger partial charge in [0.05, 0.1) is 10.0 Å². The van der Waals surface area contributed by atoms with E-state index in [1.165, 1.54) is 0 Å². The largest absolute Gasteiger partial charge is 0.366 e. The Morgan fingerprint density at radius 2 is 1.88 bits per heavy atom. The molecule has 7 heteroatoms. The number of hydrogen-bond acceptors (Lipinski definition) is 3. The molecule has 2 aromatic carbocycles. The van der Waals surface area contributed by atoms with E-state index in [1.807, 2.05) is 18.2 Å². The van der Waals surface area contributed by atoms with E-state index in [0.717, 1.165) is 24.2 Å². The number of hydrogen-bond donors (Lipinski definition) is 2. The first-order chi connectivity index (χ1) is 12.1. The number of carbonyl (C=O) groups is 1. The third-order valence-corrected chi connectivity index (χ3v) is 4.69. The SMILES string of the molecule is NC(=O)c1ccccc1CCCc1nc(-c2cccc(Cl)c2Cl)n[nH]1. The highest BCUT2D eigenvalue weighted by molar-refractivity contribution is 6.43. The number of aromatic nitrogens is 3. The van der Waals surface area contributed by atoms with Crippen molar-refractivity contribution < 1.29 is 4.79 Å². The molecule has 1 aromatic heterocycles. The van der Waals surface area contributed by atoms with E-state index in [2.05, 4.69) is 15.2 Å².